The molecule has 1 amide bonds. The molecule has 1 fully saturated rings. The van der Waals surface area contributed by atoms with Crippen molar-refractivity contribution >= 4 is 5.91 Å². The van der Waals surface area contributed by atoms with E-state index in [1.54, 1.807) is 24.3 Å². The number of para-hydroxylation sites is 1. The molecule has 2 N–H and O–H groups in total. The number of β-amino-alcohol motifs (C(OH)–C–C–N with tert-alkyl or cyclic N) is 1. The summed E-state index contributed by atoms with van der Waals surface area (Å²) < 4.78 is 5.49. The molecule has 6 nitrogen and oxygen atoms in total. The van der Waals surface area contributed by atoms with Gasteiger partial charge in [-0.2, -0.15) is 5.26 Å². The van der Waals surface area contributed by atoms with Crippen molar-refractivity contribution in [2.45, 2.75) is 12.5 Å². The van der Waals surface area contributed by atoms with Gasteiger partial charge in [0.1, 0.15) is 24.5 Å². The van der Waals surface area contributed by atoms with E-state index in [4.69, 9.17) is 10.00 Å². The van der Waals surface area contributed by atoms with Crippen LogP contribution in [0.2, 0.25) is 0 Å². The Morgan fingerprint density at radius 1 is 1.48 bits per heavy atom. The number of ether oxygens (including phenoxy) is 1. The van der Waals surface area contributed by atoms with Crippen molar-refractivity contribution in [1.82, 2.24) is 10.2 Å². The van der Waals surface area contributed by atoms with E-state index in [1.807, 2.05) is 11.0 Å². The van der Waals surface area contributed by atoms with Crippen molar-refractivity contribution < 1.29 is 14.6 Å². The zero-order chi connectivity index (χ0) is 15.1. The summed E-state index contributed by atoms with van der Waals surface area (Å²) in [4.78, 5) is 13.3. The zero-order valence-electron chi connectivity index (χ0n) is 11.8. The van der Waals surface area contributed by atoms with Crippen LogP contribution in [0.1, 0.15) is 12.0 Å². The number of aliphatic hydroxyl groups excluding tert-OH is 1. The number of hydrogen-bond acceptors (Lipinski definition) is 5. The highest BCUT2D eigenvalue weighted by molar-refractivity contribution is 5.78. The van der Waals surface area contributed by atoms with Crippen LogP contribution in [0.25, 0.3) is 0 Å². The molecule has 1 atom stereocenters. The third-order valence-corrected chi connectivity index (χ3v) is 3.25. The number of amides is 1. The van der Waals surface area contributed by atoms with Crippen LogP contribution in [0.4, 0.5) is 0 Å². The second-order valence-electron chi connectivity index (χ2n) is 5.01. The average Bonchev–Trinajstić information content (AvgIpc) is 2.69. The van der Waals surface area contributed by atoms with Gasteiger partial charge in [-0.3, -0.25) is 9.69 Å². The standard InChI is InChI=1S/C15H19N3O3/c16-8-12-4-1-2-5-14(12)21-11-13(19)9-18-7-3-6-17-15(20)10-18/h1-2,4-5,13,19H,3,6-7,9-11H2,(H,17,20). The van der Waals surface area contributed by atoms with E-state index in [2.05, 4.69) is 5.32 Å². The highest BCUT2D eigenvalue weighted by Crippen LogP contribution is 2.16. The first-order chi connectivity index (χ1) is 10.2. The minimum atomic E-state index is -0.706. The van der Waals surface area contributed by atoms with E-state index in [9.17, 15) is 9.90 Å². The summed E-state index contributed by atoms with van der Waals surface area (Å²) in [7, 11) is 0. The van der Waals surface area contributed by atoms with Crippen LogP contribution >= 0.6 is 0 Å². The molecule has 6 heteroatoms. The molecule has 1 saturated heterocycles. The molecule has 0 aromatic heterocycles. The molecule has 1 heterocycles. The monoisotopic (exact) mass is 289 g/mol. The first kappa shape index (κ1) is 15.3. The molecule has 0 radical (unpaired) electrons. The molecule has 1 aromatic rings. The summed E-state index contributed by atoms with van der Waals surface area (Å²) in [6, 6.07) is 8.95. The second-order valence-corrected chi connectivity index (χ2v) is 5.01. The molecular weight excluding hydrogens is 270 g/mol. The van der Waals surface area contributed by atoms with Crippen molar-refractivity contribution in [2.75, 3.05) is 32.8 Å². The van der Waals surface area contributed by atoms with Gasteiger partial charge in [-0.1, -0.05) is 12.1 Å². The van der Waals surface area contributed by atoms with Gasteiger partial charge in [0.25, 0.3) is 0 Å². The van der Waals surface area contributed by atoms with Crippen molar-refractivity contribution in [3.63, 3.8) is 0 Å². The Labute approximate surface area is 123 Å². The Kier molecular flexibility index (Phi) is 5.55. The SMILES string of the molecule is N#Cc1ccccc1OCC(O)CN1CCCNC(=O)C1. The Bertz CT molecular complexity index is 527. The molecule has 2 rings (SSSR count). The van der Waals surface area contributed by atoms with Crippen molar-refractivity contribution in [2.24, 2.45) is 0 Å². The zero-order valence-corrected chi connectivity index (χ0v) is 11.8. The minimum absolute atomic E-state index is 0.0181. The lowest BCUT2D eigenvalue weighted by molar-refractivity contribution is -0.121. The minimum Gasteiger partial charge on any atom is -0.489 e. The molecule has 0 bridgehead atoms. The van der Waals surface area contributed by atoms with Gasteiger partial charge in [-0.25, -0.2) is 0 Å². The predicted octanol–water partition coefficient (Wildman–Crippen LogP) is 0.120. The lowest BCUT2D eigenvalue weighted by atomic mass is 10.2. The van der Waals surface area contributed by atoms with Crippen LogP contribution < -0.4 is 10.1 Å². The summed E-state index contributed by atoms with van der Waals surface area (Å²) in [5.41, 5.74) is 0.443. The normalized spacial score (nSPS) is 17.4. The maximum Gasteiger partial charge on any atom is 0.234 e. The Hall–Kier alpha value is -2.10. The summed E-state index contributed by atoms with van der Waals surface area (Å²) >= 11 is 0. The lowest BCUT2D eigenvalue weighted by Crippen LogP contribution is -2.39. The quantitative estimate of drug-likeness (QED) is 0.804. The third kappa shape index (κ3) is 4.74. The predicted molar refractivity (Wildman–Crippen MR) is 76.7 cm³/mol. The van der Waals surface area contributed by atoms with E-state index in [-0.39, 0.29) is 12.5 Å². The lowest BCUT2D eigenvalue weighted by Gasteiger charge is -2.22. The highest BCUT2D eigenvalue weighted by Gasteiger charge is 2.18. The first-order valence-electron chi connectivity index (χ1n) is 6.98. The van der Waals surface area contributed by atoms with Gasteiger partial charge >= 0.3 is 0 Å². The van der Waals surface area contributed by atoms with Gasteiger partial charge in [-0.15, -0.1) is 0 Å². The number of aliphatic hydroxyl groups is 1. The number of nitriles is 1. The van der Waals surface area contributed by atoms with Crippen LogP contribution in [0.15, 0.2) is 24.3 Å². The molecule has 0 saturated carbocycles. The van der Waals surface area contributed by atoms with E-state index < -0.39 is 6.10 Å². The van der Waals surface area contributed by atoms with Gasteiger partial charge in [-0.05, 0) is 18.6 Å². The fraction of sp³-hybridized carbons (Fsp3) is 0.467. The van der Waals surface area contributed by atoms with E-state index in [0.29, 0.717) is 30.9 Å². The van der Waals surface area contributed by atoms with E-state index >= 15 is 0 Å². The van der Waals surface area contributed by atoms with Gasteiger partial charge in [0.2, 0.25) is 5.91 Å². The number of carbonyl (C=O) groups excluding carboxylic acids is 1. The topological polar surface area (TPSA) is 85.6 Å². The van der Waals surface area contributed by atoms with Gasteiger partial charge in [0.15, 0.2) is 0 Å². The molecular formula is C15H19N3O3. The molecule has 1 aliphatic rings. The smallest absolute Gasteiger partial charge is 0.234 e. The highest BCUT2D eigenvalue weighted by atomic mass is 16.5. The molecule has 0 spiro atoms. The van der Waals surface area contributed by atoms with Crippen LogP contribution in [-0.4, -0.2) is 54.8 Å². The molecule has 112 valence electrons. The van der Waals surface area contributed by atoms with E-state index in [0.717, 1.165) is 13.0 Å². The van der Waals surface area contributed by atoms with Crippen LogP contribution in [0.5, 0.6) is 5.75 Å². The number of carbonyl (C=O) groups is 1. The number of rotatable bonds is 5. The maximum atomic E-state index is 11.4. The number of nitrogens with one attached hydrogen (secondary N) is 1. The van der Waals surface area contributed by atoms with Crippen LogP contribution in [0, 0.1) is 11.3 Å². The van der Waals surface area contributed by atoms with Gasteiger partial charge in [0.05, 0.1) is 12.1 Å². The third-order valence-electron chi connectivity index (χ3n) is 3.25. The summed E-state index contributed by atoms with van der Waals surface area (Å²) in [6.07, 6.45) is 0.166. The molecule has 21 heavy (non-hydrogen) atoms. The van der Waals surface area contributed by atoms with Crippen LogP contribution in [0.3, 0.4) is 0 Å². The summed E-state index contributed by atoms with van der Waals surface area (Å²) in [5, 5.41) is 21.8. The molecule has 0 aliphatic carbocycles. The summed E-state index contributed by atoms with van der Waals surface area (Å²) in [6.45, 7) is 2.22. The summed E-state index contributed by atoms with van der Waals surface area (Å²) in [5.74, 6) is 0.447. The fourth-order valence-corrected chi connectivity index (χ4v) is 2.25. The second kappa shape index (κ2) is 7.62. The Morgan fingerprint density at radius 2 is 2.29 bits per heavy atom. The number of benzene rings is 1. The maximum absolute atomic E-state index is 11.4. The largest absolute Gasteiger partial charge is 0.489 e. The Balaban J connectivity index is 1.83. The average molecular weight is 289 g/mol. The number of nitrogens with zero attached hydrogens (tertiary/aromatic N) is 2. The molecule has 1 aliphatic heterocycles. The Morgan fingerprint density at radius 3 is 3.10 bits per heavy atom. The van der Waals surface area contributed by atoms with Crippen LogP contribution in [-0.2, 0) is 4.79 Å². The van der Waals surface area contributed by atoms with Crippen molar-refractivity contribution in [3.8, 4) is 11.8 Å². The fourth-order valence-electron chi connectivity index (χ4n) is 2.25. The van der Waals surface area contributed by atoms with Gasteiger partial charge < -0.3 is 15.2 Å². The number of hydrogen-bond donors (Lipinski definition) is 2. The van der Waals surface area contributed by atoms with Gasteiger partial charge in [0, 0.05) is 19.6 Å². The molecule has 1 aromatic carbocycles. The van der Waals surface area contributed by atoms with E-state index in [1.165, 1.54) is 0 Å². The van der Waals surface area contributed by atoms with Crippen molar-refractivity contribution in [3.05, 3.63) is 29.8 Å². The molecule has 1 unspecified atom stereocenters. The van der Waals surface area contributed by atoms with Crippen molar-refractivity contribution in [1.29, 1.82) is 5.26 Å². The first-order valence-corrected chi connectivity index (χ1v) is 6.98.